The van der Waals surface area contributed by atoms with Gasteiger partial charge < -0.3 is 9.80 Å². The van der Waals surface area contributed by atoms with Crippen molar-refractivity contribution in [1.82, 2.24) is 0 Å². The molecule has 242 valence electrons. The van der Waals surface area contributed by atoms with E-state index in [9.17, 15) is 0 Å². The molecule has 9 rings (SSSR count). The minimum atomic E-state index is 1.11. The first-order valence-electron chi connectivity index (χ1n) is 17.5. The van der Waals surface area contributed by atoms with Crippen LogP contribution in [0.5, 0.6) is 0 Å². The van der Waals surface area contributed by atoms with Gasteiger partial charge in [-0.1, -0.05) is 152 Å². The van der Waals surface area contributed by atoms with Gasteiger partial charge in [-0.25, -0.2) is 0 Å². The molecule has 0 spiro atoms. The third-order valence-corrected chi connectivity index (χ3v) is 10.0. The zero-order chi connectivity index (χ0) is 34.1. The molecule has 0 aliphatic carbocycles. The molecule has 51 heavy (non-hydrogen) atoms. The third-order valence-electron chi connectivity index (χ3n) is 10.0. The average Bonchev–Trinajstić information content (AvgIpc) is 3.21. The van der Waals surface area contributed by atoms with E-state index in [1.54, 1.807) is 0 Å². The molecule has 2 nitrogen and oxygen atoms in total. The Balaban J connectivity index is 1.06. The summed E-state index contributed by atoms with van der Waals surface area (Å²) in [5, 5.41) is 7.44. The molecule has 0 aromatic heterocycles. The Labute approximate surface area is 299 Å². The second-order valence-electron chi connectivity index (χ2n) is 13.1. The van der Waals surface area contributed by atoms with Crippen LogP contribution in [0.25, 0.3) is 54.6 Å². The van der Waals surface area contributed by atoms with Gasteiger partial charge in [-0.2, -0.15) is 0 Å². The van der Waals surface area contributed by atoms with Gasteiger partial charge in [0, 0.05) is 40.3 Å². The highest BCUT2D eigenvalue weighted by Crippen LogP contribution is 2.41. The van der Waals surface area contributed by atoms with Crippen LogP contribution in [0.1, 0.15) is 0 Å². The number of hydrogen-bond donors (Lipinski definition) is 0. The Kier molecular flexibility index (Phi) is 7.75. The van der Waals surface area contributed by atoms with Crippen molar-refractivity contribution in [3.8, 4) is 22.3 Å². The van der Waals surface area contributed by atoms with E-state index in [0.717, 1.165) is 22.7 Å². The van der Waals surface area contributed by atoms with Crippen molar-refractivity contribution in [1.29, 1.82) is 0 Å². The standard InChI is InChI=1S/C49H36N2/c1-50(49-46-19-9-6-15-40(46)34-41-16-7-10-20-47(41)49)42-28-22-37(23-29-42)38-26-32-44(33-27-38)51(48-21-11-17-39-14-5-8-18-45(39)48)43-30-24-36(25-31-43)35-12-3-2-4-13-35/h2-34H,1H3. The highest BCUT2D eigenvalue weighted by molar-refractivity contribution is 6.12. The Hall–Kier alpha value is -6.64. The summed E-state index contributed by atoms with van der Waals surface area (Å²) in [5.41, 5.74) is 10.5. The third kappa shape index (κ3) is 5.67. The fraction of sp³-hybridized carbons (Fsp3) is 0.0204. The zero-order valence-corrected chi connectivity index (χ0v) is 28.4. The van der Waals surface area contributed by atoms with Crippen LogP contribution >= 0.6 is 0 Å². The lowest BCUT2D eigenvalue weighted by atomic mass is 9.99. The first-order chi connectivity index (χ1) is 25.2. The Morgan fingerprint density at radius 3 is 1.27 bits per heavy atom. The van der Waals surface area contributed by atoms with Gasteiger partial charge in [0.05, 0.1) is 11.4 Å². The minimum absolute atomic E-state index is 1.11. The first kappa shape index (κ1) is 30.4. The van der Waals surface area contributed by atoms with Crippen LogP contribution in [0.4, 0.5) is 28.4 Å². The smallest absolute Gasteiger partial charge is 0.0567 e. The number of fused-ring (bicyclic) bond motifs is 3. The van der Waals surface area contributed by atoms with E-state index in [1.807, 2.05) is 0 Å². The summed E-state index contributed by atoms with van der Waals surface area (Å²) in [4.78, 5) is 4.69. The van der Waals surface area contributed by atoms with Crippen molar-refractivity contribution in [2.75, 3.05) is 16.8 Å². The summed E-state index contributed by atoms with van der Waals surface area (Å²) in [6, 6.07) is 72.1. The summed E-state index contributed by atoms with van der Waals surface area (Å²) in [6.07, 6.45) is 0. The van der Waals surface area contributed by atoms with Crippen LogP contribution in [0, 0.1) is 0 Å². The molecule has 0 N–H and O–H groups in total. The van der Waals surface area contributed by atoms with Crippen LogP contribution in [0.15, 0.2) is 200 Å². The Bertz CT molecular complexity index is 2570. The first-order valence-corrected chi connectivity index (χ1v) is 17.5. The minimum Gasteiger partial charge on any atom is -0.344 e. The maximum absolute atomic E-state index is 2.37. The van der Waals surface area contributed by atoms with Gasteiger partial charge in [-0.3, -0.25) is 0 Å². The molecule has 0 aliphatic rings. The summed E-state index contributed by atoms with van der Waals surface area (Å²) in [7, 11) is 2.17. The van der Waals surface area contributed by atoms with E-state index in [-0.39, 0.29) is 0 Å². The molecular weight excluding hydrogens is 617 g/mol. The largest absolute Gasteiger partial charge is 0.344 e. The van der Waals surface area contributed by atoms with Crippen molar-refractivity contribution in [2.24, 2.45) is 0 Å². The molecule has 9 aromatic carbocycles. The van der Waals surface area contributed by atoms with Gasteiger partial charge in [0.1, 0.15) is 0 Å². The lowest BCUT2D eigenvalue weighted by Gasteiger charge is -2.27. The Morgan fingerprint density at radius 1 is 0.314 bits per heavy atom. The SMILES string of the molecule is CN(c1ccc(-c2ccc(N(c3ccc(-c4ccccc4)cc3)c3cccc4ccccc34)cc2)cc1)c1c2ccccc2cc2ccccc12. The molecule has 0 atom stereocenters. The molecule has 0 saturated heterocycles. The van der Waals surface area contributed by atoms with E-state index >= 15 is 0 Å². The Morgan fingerprint density at radius 2 is 0.725 bits per heavy atom. The maximum atomic E-state index is 2.37. The van der Waals surface area contributed by atoms with Crippen LogP contribution in [-0.2, 0) is 0 Å². The molecule has 2 heteroatoms. The number of nitrogens with zero attached hydrogens (tertiary/aromatic N) is 2. The van der Waals surface area contributed by atoms with Gasteiger partial charge in [-0.15, -0.1) is 0 Å². The van der Waals surface area contributed by atoms with Gasteiger partial charge in [-0.05, 0) is 86.9 Å². The highest BCUT2D eigenvalue weighted by Gasteiger charge is 2.17. The van der Waals surface area contributed by atoms with Gasteiger partial charge >= 0.3 is 0 Å². The highest BCUT2D eigenvalue weighted by atomic mass is 15.1. The zero-order valence-electron chi connectivity index (χ0n) is 28.4. The van der Waals surface area contributed by atoms with E-state index in [2.05, 4.69) is 217 Å². The van der Waals surface area contributed by atoms with Crippen LogP contribution < -0.4 is 9.80 Å². The fourth-order valence-electron chi connectivity index (χ4n) is 7.42. The van der Waals surface area contributed by atoms with E-state index in [1.165, 1.54) is 60.3 Å². The summed E-state index contributed by atoms with van der Waals surface area (Å²) in [5.74, 6) is 0. The summed E-state index contributed by atoms with van der Waals surface area (Å²) < 4.78 is 0. The maximum Gasteiger partial charge on any atom is 0.0567 e. The normalized spacial score (nSPS) is 11.2. The van der Waals surface area contributed by atoms with Crippen molar-refractivity contribution in [3.63, 3.8) is 0 Å². The van der Waals surface area contributed by atoms with Crippen molar-refractivity contribution < 1.29 is 0 Å². The van der Waals surface area contributed by atoms with E-state index in [0.29, 0.717) is 0 Å². The second-order valence-corrected chi connectivity index (χ2v) is 13.1. The van der Waals surface area contributed by atoms with Crippen molar-refractivity contribution in [3.05, 3.63) is 200 Å². The number of rotatable bonds is 7. The molecule has 0 bridgehead atoms. The van der Waals surface area contributed by atoms with Crippen LogP contribution in [0.3, 0.4) is 0 Å². The van der Waals surface area contributed by atoms with Crippen LogP contribution in [-0.4, -0.2) is 7.05 Å². The van der Waals surface area contributed by atoms with Gasteiger partial charge in [0.25, 0.3) is 0 Å². The fourth-order valence-corrected chi connectivity index (χ4v) is 7.42. The van der Waals surface area contributed by atoms with Gasteiger partial charge in [0.2, 0.25) is 0 Å². The molecule has 0 amide bonds. The van der Waals surface area contributed by atoms with Crippen molar-refractivity contribution >= 4 is 60.8 Å². The molecular formula is C49H36N2. The van der Waals surface area contributed by atoms with Gasteiger partial charge in [0.15, 0.2) is 0 Å². The summed E-state index contributed by atoms with van der Waals surface area (Å²) in [6.45, 7) is 0. The molecule has 0 heterocycles. The summed E-state index contributed by atoms with van der Waals surface area (Å²) >= 11 is 0. The predicted molar refractivity (Wildman–Crippen MR) is 219 cm³/mol. The van der Waals surface area contributed by atoms with E-state index < -0.39 is 0 Å². The molecule has 0 radical (unpaired) electrons. The van der Waals surface area contributed by atoms with E-state index in [4.69, 9.17) is 0 Å². The molecule has 0 aliphatic heterocycles. The topological polar surface area (TPSA) is 6.48 Å². The van der Waals surface area contributed by atoms with Crippen LogP contribution in [0.2, 0.25) is 0 Å². The quantitative estimate of drug-likeness (QED) is 0.158. The molecule has 9 aromatic rings. The number of anilines is 5. The predicted octanol–water partition coefficient (Wildman–Crippen LogP) is 13.7. The lowest BCUT2D eigenvalue weighted by Crippen LogP contribution is -2.10. The molecule has 0 unspecified atom stereocenters. The second kappa shape index (κ2) is 13.0. The number of benzene rings is 9. The number of hydrogen-bond acceptors (Lipinski definition) is 2. The van der Waals surface area contributed by atoms with Crippen molar-refractivity contribution in [2.45, 2.75) is 0 Å². The average molecular weight is 653 g/mol. The molecule has 0 fully saturated rings. The molecule has 0 saturated carbocycles. The monoisotopic (exact) mass is 652 g/mol. The lowest BCUT2D eigenvalue weighted by molar-refractivity contribution is 1.23.